The van der Waals surface area contributed by atoms with E-state index in [1.165, 1.54) is 12.3 Å². The summed E-state index contributed by atoms with van der Waals surface area (Å²) < 4.78 is 1.82. The molecule has 4 nitrogen and oxygen atoms in total. The van der Waals surface area contributed by atoms with E-state index in [0.717, 1.165) is 5.69 Å². The summed E-state index contributed by atoms with van der Waals surface area (Å²) in [6, 6.07) is 6.96. The van der Waals surface area contributed by atoms with Crippen LogP contribution in [-0.4, -0.2) is 21.1 Å². The zero-order valence-corrected chi connectivity index (χ0v) is 9.75. The monoisotopic (exact) mass is 238 g/mol. The highest BCUT2D eigenvalue weighted by molar-refractivity contribution is 6.37. The molecular formula is C14H10N2O2. The van der Waals surface area contributed by atoms with Gasteiger partial charge in [-0.1, -0.05) is 0 Å². The molecule has 4 heteroatoms. The van der Waals surface area contributed by atoms with Crippen molar-refractivity contribution < 1.29 is 9.59 Å². The van der Waals surface area contributed by atoms with Crippen molar-refractivity contribution >= 4 is 17.1 Å². The second-order valence-corrected chi connectivity index (χ2v) is 4.16. The Morgan fingerprint density at radius 1 is 1.17 bits per heavy atom. The second kappa shape index (κ2) is 3.77. The van der Waals surface area contributed by atoms with E-state index in [1.807, 2.05) is 29.9 Å². The third kappa shape index (κ3) is 1.43. The number of Topliss-reactive ketones (excluding diaryl/α,β-unsaturated/α-hetero) is 1. The number of fused-ring (bicyclic) bond motifs is 1. The summed E-state index contributed by atoms with van der Waals surface area (Å²) in [4.78, 5) is 28.3. The van der Waals surface area contributed by atoms with Crippen molar-refractivity contribution in [2.45, 2.75) is 0 Å². The van der Waals surface area contributed by atoms with E-state index in [4.69, 9.17) is 0 Å². The third-order valence-corrected chi connectivity index (χ3v) is 3.03. The topological polar surface area (TPSA) is 52.0 Å². The van der Waals surface area contributed by atoms with Gasteiger partial charge in [-0.15, -0.1) is 0 Å². The van der Waals surface area contributed by atoms with Gasteiger partial charge in [0.2, 0.25) is 5.78 Å². The highest BCUT2D eigenvalue weighted by atomic mass is 16.1. The summed E-state index contributed by atoms with van der Waals surface area (Å²) in [7, 11) is 1.84. The lowest BCUT2D eigenvalue weighted by molar-refractivity contribution is 0.0997. The lowest BCUT2D eigenvalue weighted by Crippen LogP contribution is -2.18. The molecule has 0 unspecified atom stereocenters. The number of allylic oxidation sites excluding steroid dienone is 2. The van der Waals surface area contributed by atoms with Crippen LogP contribution in [0.5, 0.6) is 0 Å². The van der Waals surface area contributed by atoms with Gasteiger partial charge in [-0.3, -0.25) is 14.6 Å². The highest BCUT2D eigenvalue weighted by Gasteiger charge is 2.27. The van der Waals surface area contributed by atoms with E-state index >= 15 is 0 Å². The largest absolute Gasteiger partial charge is 0.350 e. The molecule has 0 saturated carbocycles. The van der Waals surface area contributed by atoms with Crippen molar-refractivity contribution in [1.29, 1.82) is 0 Å². The Morgan fingerprint density at radius 3 is 2.72 bits per heavy atom. The first kappa shape index (κ1) is 10.7. The molecule has 0 bridgehead atoms. The lowest BCUT2D eigenvalue weighted by Gasteiger charge is -2.14. The predicted molar refractivity (Wildman–Crippen MR) is 66.3 cm³/mol. The minimum absolute atomic E-state index is 0.153. The number of hydrogen-bond donors (Lipinski definition) is 0. The summed E-state index contributed by atoms with van der Waals surface area (Å²) in [5, 5.41) is 0. The first-order valence-corrected chi connectivity index (χ1v) is 5.56. The summed E-state index contributed by atoms with van der Waals surface area (Å²) in [5.74, 6) is -0.374. The van der Waals surface area contributed by atoms with Crippen molar-refractivity contribution in [3.8, 4) is 0 Å². The van der Waals surface area contributed by atoms with Crippen molar-refractivity contribution in [2.75, 3.05) is 0 Å². The molecule has 0 amide bonds. The van der Waals surface area contributed by atoms with E-state index in [0.29, 0.717) is 11.1 Å². The first-order chi connectivity index (χ1) is 8.68. The van der Waals surface area contributed by atoms with Crippen LogP contribution in [0.15, 0.2) is 42.7 Å². The van der Waals surface area contributed by atoms with Gasteiger partial charge < -0.3 is 4.57 Å². The molecule has 2 heterocycles. The quantitative estimate of drug-likeness (QED) is 0.762. The van der Waals surface area contributed by atoms with Gasteiger partial charge >= 0.3 is 0 Å². The van der Waals surface area contributed by atoms with Crippen molar-refractivity contribution in [2.24, 2.45) is 7.05 Å². The van der Waals surface area contributed by atoms with Crippen LogP contribution in [0.3, 0.4) is 0 Å². The number of aromatic nitrogens is 2. The number of hydrogen-bond acceptors (Lipinski definition) is 3. The Balaban J connectivity index is 2.19. The summed E-state index contributed by atoms with van der Waals surface area (Å²) in [5.41, 5.74) is 1.78. The molecule has 0 atom stereocenters. The second-order valence-electron chi connectivity index (χ2n) is 4.16. The average molecular weight is 238 g/mol. The standard InChI is InChI=1S/C14H10N2O2/c1-16-7-3-5-11(16)10-8-12(17)13-9(14(10)18)4-2-6-15-13/h2-8H,1H3. The fourth-order valence-electron chi connectivity index (χ4n) is 2.13. The van der Waals surface area contributed by atoms with E-state index in [9.17, 15) is 9.59 Å². The average Bonchev–Trinajstić information content (AvgIpc) is 2.80. The maximum atomic E-state index is 12.3. The molecule has 3 rings (SSSR count). The number of carbonyl (C=O) groups is 2. The van der Waals surface area contributed by atoms with Crippen LogP contribution in [0.1, 0.15) is 26.5 Å². The molecule has 18 heavy (non-hydrogen) atoms. The number of carbonyl (C=O) groups excluding carboxylic acids is 2. The van der Waals surface area contributed by atoms with Crippen LogP contribution >= 0.6 is 0 Å². The Labute approximate surface area is 104 Å². The fraction of sp³-hybridized carbons (Fsp3) is 0.0714. The molecule has 0 N–H and O–H groups in total. The lowest BCUT2D eigenvalue weighted by atomic mass is 9.91. The Morgan fingerprint density at radius 2 is 2.00 bits per heavy atom. The molecule has 88 valence electrons. The Kier molecular flexibility index (Phi) is 2.23. The third-order valence-electron chi connectivity index (χ3n) is 3.03. The number of ketones is 2. The number of rotatable bonds is 1. The molecular weight excluding hydrogens is 228 g/mol. The molecule has 0 radical (unpaired) electrons. The molecule has 0 saturated heterocycles. The van der Waals surface area contributed by atoms with E-state index in [2.05, 4.69) is 4.98 Å². The highest BCUT2D eigenvalue weighted by Crippen LogP contribution is 2.26. The van der Waals surface area contributed by atoms with E-state index < -0.39 is 0 Å². The van der Waals surface area contributed by atoms with E-state index in [-0.39, 0.29) is 17.3 Å². The van der Waals surface area contributed by atoms with Crippen molar-refractivity contribution in [3.63, 3.8) is 0 Å². The summed E-state index contributed by atoms with van der Waals surface area (Å²) >= 11 is 0. The molecule has 0 aliphatic heterocycles. The minimum atomic E-state index is -0.221. The minimum Gasteiger partial charge on any atom is -0.350 e. The van der Waals surface area contributed by atoms with Gasteiger partial charge in [-0.05, 0) is 24.3 Å². The zero-order chi connectivity index (χ0) is 12.7. The molecule has 2 aromatic rings. The number of nitrogens with zero attached hydrogens (tertiary/aromatic N) is 2. The summed E-state index contributed by atoms with van der Waals surface area (Å²) in [6.07, 6.45) is 4.73. The number of pyridine rings is 1. The smallest absolute Gasteiger partial charge is 0.205 e. The van der Waals surface area contributed by atoms with Gasteiger partial charge in [-0.2, -0.15) is 0 Å². The maximum absolute atomic E-state index is 12.3. The van der Waals surface area contributed by atoms with Crippen LogP contribution in [0.25, 0.3) is 5.57 Å². The normalized spacial score (nSPS) is 14.4. The molecule has 2 aromatic heterocycles. The molecule has 0 spiro atoms. The SMILES string of the molecule is Cn1cccc1C1=CC(=O)c2ncccc2C1=O. The van der Waals surface area contributed by atoms with Gasteiger partial charge in [-0.25, -0.2) is 0 Å². The Bertz CT molecular complexity index is 695. The van der Waals surface area contributed by atoms with Crippen LogP contribution in [0.4, 0.5) is 0 Å². The van der Waals surface area contributed by atoms with Gasteiger partial charge in [0.05, 0.1) is 16.8 Å². The molecule has 0 fully saturated rings. The van der Waals surface area contributed by atoms with Crippen LogP contribution in [0, 0.1) is 0 Å². The fourth-order valence-corrected chi connectivity index (χ4v) is 2.13. The van der Waals surface area contributed by atoms with Crippen molar-refractivity contribution in [3.05, 3.63) is 59.7 Å². The van der Waals surface area contributed by atoms with Gasteiger partial charge in [0.1, 0.15) is 5.69 Å². The molecule has 1 aliphatic rings. The molecule has 0 aromatic carbocycles. The zero-order valence-electron chi connectivity index (χ0n) is 9.75. The summed E-state index contributed by atoms with van der Waals surface area (Å²) in [6.45, 7) is 0. The Hall–Kier alpha value is -2.49. The van der Waals surface area contributed by atoms with Crippen LogP contribution < -0.4 is 0 Å². The van der Waals surface area contributed by atoms with Crippen LogP contribution in [-0.2, 0) is 7.05 Å². The number of aryl methyl sites for hydroxylation is 1. The first-order valence-electron chi connectivity index (χ1n) is 5.56. The van der Waals surface area contributed by atoms with Gasteiger partial charge in [0.25, 0.3) is 0 Å². The van der Waals surface area contributed by atoms with Gasteiger partial charge in [0.15, 0.2) is 5.78 Å². The molecule has 1 aliphatic carbocycles. The maximum Gasteiger partial charge on any atom is 0.205 e. The van der Waals surface area contributed by atoms with Gasteiger partial charge in [0, 0.05) is 25.5 Å². The predicted octanol–water partition coefficient (Wildman–Crippen LogP) is 1.88. The van der Waals surface area contributed by atoms with Crippen LogP contribution in [0.2, 0.25) is 0 Å². The van der Waals surface area contributed by atoms with Crippen molar-refractivity contribution in [1.82, 2.24) is 9.55 Å². The van der Waals surface area contributed by atoms with E-state index in [1.54, 1.807) is 12.1 Å².